The highest BCUT2D eigenvalue weighted by Crippen LogP contribution is 2.32. The van der Waals surface area contributed by atoms with E-state index in [1.54, 1.807) is 6.92 Å². The number of hydrogen-bond acceptors (Lipinski definition) is 10. The molecular formula is C16H23N5O6. The molecule has 2 aromatic rings. The summed E-state index contributed by atoms with van der Waals surface area (Å²) in [5.41, 5.74) is 1.45. The third-order valence-corrected chi connectivity index (χ3v) is 4.48. The highest BCUT2D eigenvalue weighted by molar-refractivity contribution is 5.89. The number of nitrogens with zero attached hydrogens (tertiary/aromatic N) is 5. The SMILES string of the molecule is C/C(CCC(O)CO)=N\c1ncnc2c1ncn2[C@@H]1O[C@H](CO)[C@@H](O)[C@H]1O. The Balaban J connectivity index is 1.87. The Morgan fingerprint density at radius 3 is 2.70 bits per heavy atom. The second-order valence-corrected chi connectivity index (χ2v) is 6.47. The summed E-state index contributed by atoms with van der Waals surface area (Å²) in [5.74, 6) is 0.321. The van der Waals surface area contributed by atoms with Crippen LogP contribution in [0.1, 0.15) is 26.0 Å². The van der Waals surface area contributed by atoms with E-state index in [9.17, 15) is 20.4 Å². The zero-order chi connectivity index (χ0) is 19.6. The molecule has 0 amide bonds. The Labute approximate surface area is 154 Å². The lowest BCUT2D eigenvalue weighted by Crippen LogP contribution is -2.33. The number of hydrogen-bond donors (Lipinski definition) is 5. The van der Waals surface area contributed by atoms with Crippen molar-refractivity contribution in [3.63, 3.8) is 0 Å². The van der Waals surface area contributed by atoms with E-state index in [1.165, 1.54) is 17.2 Å². The van der Waals surface area contributed by atoms with Gasteiger partial charge in [0.25, 0.3) is 0 Å². The lowest BCUT2D eigenvalue weighted by molar-refractivity contribution is -0.0511. The molecule has 0 spiro atoms. The van der Waals surface area contributed by atoms with Crippen molar-refractivity contribution in [3.8, 4) is 0 Å². The first-order valence-corrected chi connectivity index (χ1v) is 8.59. The van der Waals surface area contributed by atoms with Crippen LogP contribution in [0.5, 0.6) is 0 Å². The minimum atomic E-state index is -1.25. The van der Waals surface area contributed by atoms with Crippen molar-refractivity contribution in [1.29, 1.82) is 0 Å². The minimum absolute atomic E-state index is 0.306. The van der Waals surface area contributed by atoms with Gasteiger partial charge in [0.1, 0.15) is 24.6 Å². The van der Waals surface area contributed by atoms with Crippen LogP contribution in [0, 0.1) is 0 Å². The van der Waals surface area contributed by atoms with Gasteiger partial charge in [-0.3, -0.25) is 4.57 Å². The highest BCUT2D eigenvalue weighted by atomic mass is 16.6. The van der Waals surface area contributed by atoms with Gasteiger partial charge >= 0.3 is 0 Å². The molecule has 5 N–H and O–H groups in total. The number of aromatic nitrogens is 4. The molecule has 1 saturated heterocycles. The molecule has 0 aromatic carbocycles. The molecule has 1 aliphatic rings. The third kappa shape index (κ3) is 3.98. The van der Waals surface area contributed by atoms with Crippen molar-refractivity contribution < 1.29 is 30.3 Å². The second-order valence-electron chi connectivity index (χ2n) is 6.47. The largest absolute Gasteiger partial charge is 0.394 e. The van der Waals surface area contributed by atoms with Crippen LogP contribution in [0.3, 0.4) is 0 Å². The molecule has 0 radical (unpaired) electrons. The number of ether oxygens (including phenoxy) is 1. The standard InChI is InChI=1S/C16H23N5O6/c1-8(2-3-9(24)4-22)20-14-11-15(18-6-17-14)21(7-19-11)16-13(26)12(25)10(5-23)27-16/h6-7,9-10,12-13,16,22-26H,2-5H2,1H3/b20-8+/t9?,10-,12-,13-,16-/m1/s1. The summed E-state index contributed by atoms with van der Waals surface area (Å²) in [6.07, 6.45) is -1.57. The third-order valence-electron chi connectivity index (χ3n) is 4.48. The van der Waals surface area contributed by atoms with E-state index in [-0.39, 0.29) is 6.61 Å². The van der Waals surface area contributed by atoms with E-state index in [0.717, 1.165) is 0 Å². The van der Waals surface area contributed by atoms with Crippen molar-refractivity contribution in [2.45, 2.75) is 50.4 Å². The second kappa shape index (κ2) is 8.33. The molecule has 3 rings (SSSR count). The maximum absolute atomic E-state index is 10.2. The molecule has 1 fully saturated rings. The zero-order valence-corrected chi connectivity index (χ0v) is 14.8. The summed E-state index contributed by atoms with van der Waals surface area (Å²) in [7, 11) is 0. The molecule has 1 unspecified atom stereocenters. The van der Waals surface area contributed by atoms with Gasteiger partial charge in [0.15, 0.2) is 23.2 Å². The van der Waals surface area contributed by atoms with Gasteiger partial charge in [-0.2, -0.15) is 0 Å². The molecule has 11 heteroatoms. The summed E-state index contributed by atoms with van der Waals surface area (Å²) >= 11 is 0. The van der Waals surface area contributed by atoms with E-state index >= 15 is 0 Å². The molecule has 0 saturated carbocycles. The van der Waals surface area contributed by atoms with Crippen LogP contribution in [0.4, 0.5) is 5.82 Å². The van der Waals surface area contributed by atoms with E-state index in [0.29, 0.717) is 35.5 Å². The van der Waals surface area contributed by atoms with Gasteiger partial charge in [-0.25, -0.2) is 19.9 Å². The summed E-state index contributed by atoms with van der Waals surface area (Å²) in [5, 5.41) is 47.7. The topological polar surface area (TPSA) is 166 Å². The first-order valence-electron chi connectivity index (χ1n) is 8.59. The average molecular weight is 381 g/mol. The number of aliphatic hydroxyl groups excluding tert-OH is 5. The van der Waals surface area contributed by atoms with Gasteiger partial charge in [0, 0.05) is 5.71 Å². The minimum Gasteiger partial charge on any atom is -0.394 e. The number of rotatable bonds is 7. The zero-order valence-electron chi connectivity index (χ0n) is 14.8. The molecule has 0 aliphatic carbocycles. The quantitative estimate of drug-likeness (QED) is 0.365. The van der Waals surface area contributed by atoms with Crippen molar-refractivity contribution in [1.82, 2.24) is 19.5 Å². The average Bonchev–Trinajstić information content (AvgIpc) is 3.22. The molecule has 1 aliphatic heterocycles. The molecule has 0 bridgehead atoms. The number of aliphatic imine (C=N–C) groups is 1. The van der Waals surface area contributed by atoms with Crippen LogP contribution >= 0.6 is 0 Å². The Hall–Kier alpha value is -2.02. The van der Waals surface area contributed by atoms with Gasteiger partial charge in [-0.05, 0) is 19.8 Å². The van der Waals surface area contributed by atoms with E-state index in [4.69, 9.17) is 9.84 Å². The van der Waals surface area contributed by atoms with Crippen LogP contribution in [-0.2, 0) is 4.74 Å². The number of aliphatic hydroxyl groups is 5. The predicted octanol–water partition coefficient (Wildman–Crippen LogP) is -1.34. The van der Waals surface area contributed by atoms with Crippen LogP contribution in [0.2, 0.25) is 0 Å². The number of fused-ring (bicyclic) bond motifs is 1. The van der Waals surface area contributed by atoms with E-state index in [1.807, 2.05) is 0 Å². The normalized spacial score (nSPS) is 27.4. The summed E-state index contributed by atoms with van der Waals surface area (Å²) in [6.45, 7) is 1.05. The molecule has 3 heterocycles. The smallest absolute Gasteiger partial charge is 0.183 e. The van der Waals surface area contributed by atoms with Crippen molar-refractivity contribution in [2.24, 2.45) is 4.99 Å². The molecular weight excluding hydrogens is 358 g/mol. The molecule has 11 nitrogen and oxygen atoms in total. The Morgan fingerprint density at radius 1 is 1.26 bits per heavy atom. The van der Waals surface area contributed by atoms with Gasteiger partial charge < -0.3 is 30.3 Å². The Kier molecular flexibility index (Phi) is 6.09. The molecule has 148 valence electrons. The van der Waals surface area contributed by atoms with Crippen LogP contribution in [0.15, 0.2) is 17.6 Å². The Bertz CT molecular complexity index is 812. The van der Waals surface area contributed by atoms with E-state index in [2.05, 4.69) is 19.9 Å². The molecule has 5 atom stereocenters. The van der Waals surface area contributed by atoms with Gasteiger partial charge in [0.05, 0.1) is 25.6 Å². The summed E-state index contributed by atoms with van der Waals surface area (Å²) < 4.78 is 6.97. The van der Waals surface area contributed by atoms with Gasteiger partial charge in [0.2, 0.25) is 0 Å². The highest BCUT2D eigenvalue weighted by Gasteiger charge is 2.44. The fourth-order valence-electron chi connectivity index (χ4n) is 2.92. The van der Waals surface area contributed by atoms with Gasteiger partial charge in [-0.15, -0.1) is 0 Å². The lowest BCUT2D eigenvalue weighted by Gasteiger charge is -2.16. The van der Waals surface area contributed by atoms with Crippen LogP contribution in [0.25, 0.3) is 11.2 Å². The van der Waals surface area contributed by atoms with Crippen molar-refractivity contribution >= 4 is 22.7 Å². The van der Waals surface area contributed by atoms with Crippen LogP contribution < -0.4 is 0 Å². The Morgan fingerprint density at radius 2 is 2.04 bits per heavy atom. The predicted molar refractivity (Wildman–Crippen MR) is 93.4 cm³/mol. The molecule has 2 aromatic heterocycles. The number of imidazole rings is 1. The lowest BCUT2D eigenvalue weighted by atomic mass is 10.1. The summed E-state index contributed by atoms with van der Waals surface area (Å²) in [6, 6.07) is 0. The maximum atomic E-state index is 10.2. The fraction of sp³-hybridized carbons (Fsp3) is 0.625. The van der Waals surface area contributed by atoms with Crippen molar-refractivity contribution in [2.75, 3.05) is 13.2 Å². The first kappa shape index (κ1) is 19.7. The fourth-order valence-corrected chi connectivity index (χ4v) is 2.92. The van der Waals surface area contributed by atoms with E-state index < -0.39 is 37.3 Å². The summed E-state index contributed by atoms with van der Waals surface area (Å²) in [4.78, 5) is 16.9. The van der Waals surface area contributed by atoms with Crippen LogP contribution in [-0.4, -0.2) is 88.4 Å². The molecule has 27 heavy (non-hydrogen) atoms. The maximum Gasteiger partial charge on any atom is 0.183 e. The van der Waals surface area contributed by atoms with Gasteiger partial charge in [-0.1, -0.05) is 0 Å². The monoisotopic (exact) mass is 381 g/mol. The van der Waals surface area contributed by atoms with Crippen molar-refractivity contribution in [3.05, 3.63) is 12.7 Å². The first-order chi connectivity index (χ1) is 13.0.